The van der Waals surface area contributed by atoms with Gasteiger partial charge in [-0.2, -0.15) is 4.31 Å². The number of piperidine rings is 1. The van der Waals surface area contributed by atoms with Gasteiger partial charge < -0.3 is 19.7 Å². The molecule has 2 saturated heterocycles. The van der Waals surface area contributed by atoms with Gasteiger partial charge in [-0.3, -0.25) is 0 Å². The number of hydrogen-bond donors (Lipinski definition) is 1. The molecule has 10 heteroatoms. The molecule has 0 aromatic carbocycles. The third-order valence-electron chi connectivity index (χ3n) is 5.94. The van der Waals surface area contributed by atoms with E-state index in [1.165, 1.54) is 6.20 Å². The van der Waals surface area contributed by atoms with Crippen LogP contribution in [0, 0.1) is 5.92 Å². The van der Waals surface area contributed by atoms with Crippen LogP contribution in [-0.2, 0) is 21.3 Å². The molecule has 2 fully saturated rings. The van der Waals surface area contributed by atoms with E-state index in [2.05, 4.69) is 20.2 Å². The summed E-state index contributed by atoms with van der Waals surface area (Å²) in [6.07, 6.45) is 5.14. The number of hydrogen-bond acceptors (Lipinski definition) is 8. The molecule has 1 N–H and O–H groups in total. The number of pyridine rings is 2. The summed E-state index contributed by atoms with van der Waals surface area (Å²) in [5.74, 6) is 1.65. The van der Waals surface area contributed by atoms with Crippen molar-refractivity contribution in [3.63, 3.8) is 0 Å². The third kappa shape index (κ3) is 5.55. The molecule has 4 heterocycles. The predicted octanol–water partition coefficient (Wildman–Crippen LogP) is 1.51. The van der Waals surface area contributed by atoms with Gasteiger partial charge in [-0.05, 0) is 43.0 Å². The van der Waals surface area contributed by atoms with Crippen molar-refractivity contribution in [2.24, 2.45) is 5.92 Å². The Bertz CT molecular complexity index is 963. The van der Waals surface area contributed by atoms with Crippen LogP contribution >= 0.6 is 0 Å². The number of sulfonamides is 1. The summed E-state index contributed by atoms with van der Waals surface area (Å²) in [7, 11) is -1.96. The monoisotopic (exact) mass is 461 g/mol. The average Bonchev–Trinajstić information content (AvgIpc) is 2.85. The zero-order valence-corrected chi connectivity index (χ0v) is 19.3. The van der Waals surface area contributed by atoms with Gasteiger partial charge in [0, 0.05) is 51.2 Å². The highest BCUT2D eigenvalue weighted by atomic mass is 32.2. The maximum atomic E-state index is 13.2. The number of morpholine rings is 1. The second-order valence-electron chi connectivity index (χ2n) is 8.16. The normalized spacial score (nSPS) is 20.3. The Balaban J connectivity index is 1.32. The lowest BCUT2D eigenvalue weighted by Gasteiger charge is -2.32. The van der Waals surface area contributed by atoms with Crippen molar-refractivity contribution >= 4 is 15.8 Å². The number of aromatic nitrogens is 2. The molecule has 0 aliphatic carbocycles. The van der Waals surface area contributed by atoms with Crippen LogP contribution in [0.4, 0.5) is 5.82 Å². The van der Waals surface area contributed by atoms with Crippen molar-refractivity contribution in [3.05, 3.63) is 42.2 Å². The van der Waals surface area contributed by atoms with E-state index in [1.54, 1.807) is 29.7 Å². The zero-order chi connectivity index (χ0) is 22.4. The summed E-state index contributed by atoms with van der Waals surface area (Å²) in [4.78, 5) is 11.0. The maximum absolute atomic E-state index is 13.2. The molecule has 0 spiro atoms. The van der Waals surface area contributed by atoms with Gasteiger partial charge in [-0.1, -0.05) is 6.07 Å². The Morgan fingerprint density at radius 1 is 1.12 bits per heavy atom. The summed E-state index contributed by atoms with van der Waals surface area (Å²) < 4.78 is 38.4. The van der Waals surface area contributed by atoms with Crippen LogP contribution in [0.25, 0.3) is 0 Å². The van der Waals surface area contributed by atoms with Crippen molar-refractivity contribution < 1.29 is 17.9 Å². The van der Waals surface area contributed by atoms with Crippen LogP contribution in [-0.4, -0.2) is 75.7 Å². The Morgan fingerprint density at radius 2 is 1.97 bits per heavy atom. The van der Waals surface area contributed by atoms with Gasteiger partial charge in [0.25, 0.3) is 0 Å². The van der Waals surface area contributed by atoms with Crippen LogP contribution in [0.5, 0.6) is 5.88 Å². The van der Waals surface area contributed by atoms with Crippen molar-refractivity contribution in [1.29, 1.82) is 0 Å². The van der Waals surface area contributed by atoms with Gasteiger partial charge in [0.2, 0.25) is 15.9 Å². The van der Waals surface area contributed by atoms with Gasteiger partial charge >= 0.3 is 0 Å². The minimum Gasteiger partial charge on any atom is -0.481 e. The maximum Gasteiger partial charge on any atom is 0.244 e. The van der Waals surface area contributed by atoms with Crippen LogP contribution in [0.3, 0.4) is 0 Å². The molecule has 0 unspecified atom stereocenters. The highest BCUT2D eigenvalue weighted by Crippen LogP contribution is 2.24. The molecule has 174 valence electrons. The molecule has 2 aromatic rings. The molecule has 0 bridgehead atoms. The van der Waals surface area contributed by atoms with E-state index < -0.39 is 10.0 Å². The molecule has 0 saturated carbocycles. The molecule has 0 amide bonds. The molecule has 2 aromatic heterocycles. The fraction of sp³-hybridized carbons (Fsp3) is 0.545. The van der Waals surface area contributed by atoms with E-state index >= 15 is 0 Å². The van der Waals surface area contributed by atoms with Gasteiger partial charge in [-0.25, -0.2) is 18.4 Å². The van der Waals surface area contributed by atoms with Gasteiger partial charge in [0.05, 0.1) is 20.3 Å². The molecule has 0 radical (unpaired) electrons. The minimum absolute atomic E-state index is 0.257. The van der Waals surface area contributed by atoms with Gasteiger partial charge in [0.1, 0.15) is 10.7 Å². The summed E-state index contributed by atoms with van der Waals surface area (Å²) in [6, 6.07) is 7.28. The quantitative estimate of drug-likeness (QED) is 0.632. The van der Waals surface area contributed by atoms with Crippen molar-refractivity contribution in [1.82, 2.24) is 19.6 Å². The van der Waals surface area contributed by atoms with Crippen molar-refractivity contribution in [2.45, 2.75) is 24.3 Å². The Labute approximate surface area is 189 Å². The summed E-state index contributed by atoms with van der Waals surface area (Å²) in [5, 5.41) is 3.43. The first kappa shape index (κ1) is 22.9. The van der Waals surface area contributed by atoms with E-state index in [1.807, 2.05) is 12.1 Å². The Morgan fingerprint density at radius 3 is 2.66 bits per heavy atom. The molecule has 2 aliphatic heterocycles. The highest BCUT2D eigenvalue weighted by molar-refractivity contribution is 7.89. The first-order valence-electron chi connectivity index (χ1n) is 11.0. The van der Waals surface area contributed by atoms with E-state index in [0.717, 1.165) is 43.9 Å². The lowest BCUT2D eigenvalue weighted by molar-refractivity contribution is 0.122. The fourth-order valence-corrected chi connectivity index (χ4v) is 5.62. The van der Waals surface area contributed by atoms with Gasteiger partial charge in [-0.15, -0.1) is 0 Å². The van der Waals surface area contributed by atoms with Gasteiger partial charge in [0.15, 0.2) is 0 Å². The topological polar surface area (TPSA) is 96.9 Å². The molecular formula is C22H31N5O4S. The van der Waals surface area contributed by atoms with Crippen LogP contribution < -0.4 is 15.0 Å². The Kier molecular flexibility index (Phi) is 7.56. The zero-order valence-electron chi connectivity index (χ0n) is 18.4. The molecule has 9 nitrogen and oxygen atoms in total. The highest BCUT2D eigenvalue weighted by Gasteiger charge is 2.30. The van der Waals surface area contributed by atoms with E-state index in [9.17, 15) is 8.42 Å². The van der Waals surface area contributed by atoms with Crippen LogP contribution in [0.1, 0.15) is 18.4 Å². The number of anilines is 1. The molecule has 4 rings (SSSR count). The molecular weight excluding hydrogens is 430 g/mol. The lowest BCUT2D eigenvalue weighted by atomic mass is 10.00. The molecule has 1 atom stereocenters. The first-order valence-corrected chi connectivity index (χ1v) is 12.5. The lowest BCUT2D eigenvalue weighted by Crippen LogP contribution is -2.42. The van der Waals surface area contributed by atoms with Crippen LogP contribution in [0.15, 0.2) is 41.6 Å². The number of rotatable bonds is 8. The predicted molar refractivity (Wildman–Crippen MR) is 121 cm³/mol. The Hall–Kier alpha value is -2.27. The van der Waals surface area contributed by atoms with E-state index in [4.69, 9.17) is 9.47 Å². The number of ether oxygens (including phenoxy) is 2. The number of nitrogens with one attached hydrogen (secondary N) is 1. The van der Waals surface area contributed by atoms with Crippen LogP contribution in [0.2, 0.25) is 0 Å². The minimum atomic E-state index is -3.55. The fourth-order valence-electron chi connectivity index (χ4n) is 4.12. The SMILES string of the molecule is COc1ccc(CNC[C@@H]2CCCN(S(=O)(=O)c3ccc(N4CCOCC4)nc3)C2)cn1. The standard InChI is InChI=1S/C22H31N5O4S/c1-30-22-7-4-18(15-25-22)13-23-14-19-3-2-8-27(17-19)32(28,29)20-5-6-21(24-16-20)26-9-11-31-12-10-26/h4-7,15-16,19,23H,2-3,8-14,17H2,1H3/t19-/m0/s1. The molecule has 2 aliphatic rings. The second kappa shape index (κ2) is 10.6. The van der Waals surface area contributed by atoms with Crippen molar-refractivity contribution in [2.75, 3.05) is 57.9 Å². The van der Waals surface area contributed by atoms with E-state index in [-0.39, 0.29) is 10.8 Å². The molecule has 32 heavy (non-hydrogen) atoms. The summed E-state index contributed by atoms with van der Waals surface area (Å²) in [5.41, 5.74) is 1.07. The third-order valence-corrected chi connectivity index (χ3v) is 7.79. The number of nitrogens with zero attached hydrogens (tertiary/aromatic N) is 4. The van der Waals surface area contributed by atoms with E-state index in [0.29, 0.717) is 38.7 Å². The average molecular weight is 462 g/mol. The summed E-state index contributed by atoms with van der Waals surface area (Å²) >= 11 is 0. The summed E-state index contributed by atoms with van der Waals surface area (Å²) in [6.45, 7) is 5.38. The second-order valence-corrected chi connectivity index (χ2v) is 10.1. The number of methoxy groups -OCH3 is 1. The largest absolute Gasteiger partial charge is 0.481 e. The smallest absolute Gasteiger partial charge is 0.244 e. The van der Waals surface area contributed by atoms with Crippen molar-refractivity contribution in [3.8, 4) is 5.88 Å². The first-order chi connectivity index (χ1) is 15.6.